The summed E-state index contributed by atoms with van der Waals surface area (Å²) >= 11 is 0. The number of carbonyl (C=O) groups excluding carboxylic acids is 2. The largest absolute Gasteiger partial charge is 0.480 e. The third-order valence-electron chi connectivity index (χ3n) is 4.30. The molecule has 2 amide bonds. The maximum Gasteiger partial charge on any atom is 0.408 e. The van der Waals surface area contributed by atoms with Gasteiger partial charge in [-0.1, -0.05) is 18.2 Å². The van der Waals surface area contributed by atoms with Crippen molar-refractivity contribution in [3.63, 3.8) is 0 Å². The number of nitrogens with zero attached hydrogens (tertiary/aromatic N) is 1. The average Bonchev–Trinajstić information content (AvgIpc) is 2.79. The van der Waals surface area contributed by atoms with Crippen molar-refractivity contribution in [1.29, 1.82) is 0 Å². The van der Waals surface area contributed by atoms with Crippen LogP contribution in [0.25, 0.3) is 0 Å². The number of ether oxygens (including phenoxy) is 1. The third kappa shape index (κ3) is 6.27. The SMILES string of the molecule is CC(C)(C)OC(=O)NC(CCC(=O)N1CCCCc2ccccc21)C(=O)O. The normalized spacial score (nSPS) is 15.3. The van der Waals surface area contributed by atoms with E-state index < -0.39 is 23.7 Å². The lowest BCUT2D eigenvalue weighted by atomic mass is 10.1. The first kappa shape index (κ1) is 20.7. The average molecular weight is 376 g/mol. The number of fused-ring (bicyclic) bond motifs is 1. The highest BCUT2D eigenvalue weighted by Gasteiger charge is 2.27. The second kappa shape index (κ2) is 8.88. The molecule has 0 saturated heterocycles. The number of hydrogen-bond donors (Lipinski definition) is 2. The van der Waals surface area contributed by atoms with Crippen LogP contribution in [0.5, 0.6) is 0 Å². The number of alkyl carbamates (subject to hydrolysis) is 1. The van der Waals surface area contributed by atoms with Crippen LogP contribution in [0, 0.1) is 0 Å². The molecular weight excluding hydrogens is 348 g/mol. The zero-order valence-corrected chi connectivity index (χ0v) is 16.2. The van der Waals surface area contributed by atoms with Crippen LogP contribution >= 0.6 is 0 Å². The molecule has 2 N–H and O–H groups in total. The lowest BCUT2D eigenvalue weighted by Crippen LogP contribution is -2.44. The number of rotatable bonds is 5. The summed E-state index contributed by atoms with van der Waals surface area (Å²) in [5.74, 6) is -1.33. The zero-order chi connectivity index (χ0) is 20.0. The number of anilines is 1. The number of carboxylic acid groups (broad SMARTS) is 1. The van der Waals surface area contributed by atoms with E-state index in [4.69, 9.17) is 4.74 Å². The van der Waals surface area contributed by atoms with Crippen molar-refractivity contribution in [2.75, 3.05) is 11.4 Å². The van der Waals surface area contributed by atoms with E-state index in [0.29, 0.717) is 6.54 Å². The first-order valence-electron chi connectivity index (χ1n) is 9.28. The Morgan fingerprint density at radius 3 is 2.59 bits per heavy atom. The van der Waals surface area contributed by atoms with E-state index in [9.17, 15) is 19.5 Å². The summed E-state index contributed by atoms with van der Waals surface area (Å²) < 4.78 is 5.10. The van der Waals surface area contributed by atoms with Crippen LogP contribution in [-0.2, 0) is 20.7 Å². The number of amides is 2. The van der Waals surface area contributed by atoms with Crippen molar-refractivity contribution in [2.45, 2.75) is 64.5 Å². The fourth-order valence-corrected chi connectivity index (χ4v) is 3.06. The standard InChI is InChI=1S/C20H28N2O5/c1-20(2,3)27-19(26)21-15(18(24)25)11-12-17(23)22-13-7-6-9-14-8-4-5-10-16(14)22/h4-5,8,10,15H,6-7,9,11-13H2,1-3H3,(H,21,26)(H,24,25). The summed E-state index contributed by atoms with van der Waals surface area (Å²) in [5, 5.41) is 11.7. The first-order valence-corrected chi connectivity index (χ1v) is 9.28. The maximum atomic E-state index is 12.7. The van der Waals surface area contributed by atoms with Crippen molar-refractivity contribution in [1.82, 2.24) is 5.32 Å². The Hall–Kier alpha value is -2.57. The van der Waals surface area contributed by atoms with Gasteiger partial charge in [-0.25, -0.2) is 9.59 Å². The zero-order valence-electron chi connectivity index (χ0n) is 16.2. The quantitative estimate of drug-likeness (QED) is 0.823. The maximum absolute atomic E-state index is 12.7. The van der Waals surface area contributed by atoms with Crippen LogP contribution in [-0.4, -0.2) is 41.3 Å². The second-order valence-corrected chi connectivity index (χ2v) is 7.71. The van der Waals surface area contributed by atoms with Gasteiger partial charge in [-0.05, 0) is 58.1 Å². The number of para-hydroxylation sites is 1. The minimum Gasteiger partial charge on any atom is -0.480 e. The van der Waals surface area contributed by atoms with Crippen molar-refractivity contribution in [3.05, 3.63) is 29.8 Å². The molecule has 0 aromatic heterocycles. The minimum absolute atomic E-state index is 0.00603. The second-order valence-electron chi connectivity index (χ2n) is 7.71. The van der Waals surface area contributed by atoms with Crippen LogP contribution in [0.4, 0.5) is 10.5 Å². The Labute approximate surface area is 159 Å². The van der Waals surface area contributed by atoms with Gasteiger partial charge < -0.3 is 20.1 Å². The topological polar surface area (TPSA) is 95.9 Å². The molecule has 148 valence electrons. The van der Waals surface area contributed by atoms with Gasteiger partial charge in [0.15, 0.2) is 0 Å². The highest BCUT2D eigenvalue weighted by Crippen LogP contribution is 2.27. The predicted octanol–water partition coefficient (Wildman–Crippen LogP) is 3.11. The predicted molar refractivity (Wildman–Crippen MR) is 102 cm³/mol. The number of benzene rings is 1. The molecule has 0 saturated carbocycles. The van der Waals surface area contributed by atoms with E-state index in [0.717, 1.165) is 30.5 Å². The van der Waals surface area contributed by atoms with E-state index in [1.54, 1.807) is 25.7 Å². The Bertz CT molecular complexity index is 696. The summed E-state index contributed by atoms with van der Waals surface area (Å²) in [6.45, 7) is 5.71. The van der Waals surface area contributed by atoms with E-state index in [2.05, 4.69) is 5.32 Å². The molecule has 2 rings (SSSR count). The summed E-state index contributed by atoms with van der Waals surface area (Å²) in [6.07, 6.45) is 2.07. The van der Waals surface area contributed by atoms with Gasteiger partial charge >= 0.3 is 12.1 Å². The van der Waals surface area contributed by atoms with Crippen LogP contribution in [0.2, 0.25) is 0 Å². The molecule has 0 radical (unpaired) electrons. The van der Waals surface area contributed by atoms with Gasteiger partial charge in [0.1, 0.15) is 11.6 Å². The number of nitrogens with one attached hydrogen (secondary N) is 1. The molecule has 1 atom stereocenters. The van der Waals surface area contributed by atoms with Gasteiger partial charge in [-0.3, -0.25) is 4.79 Å². The molecule has 0 bridgehead atoms. The molecule has 0 aliphatic carbocycles. The van der Waals surface area contributed by atoms with Crippen LogP contribution in [0.15, 0.2) is 24.3 Å². The Balaban J connectivity index is 2.00. The van der Waals surface area contributed by atoms with Gasteiger partial charge in [-0.2, -0.15) is 0 Å². The molecular formula is C20H28N2O5. The molecule has 1 aromatic rings. The highest BCUT2D eigenvalue weighted by molar-refractivity contribution is 5.94. The molecule has 0 fully saturated rings. The Morgan fingerprint density at radius 2 is 1.93 bits per heavy atom. The van der Waals surface area contributed by atoms with Crippen molar-refractivity contribution < 1.29 is 24.2 Å². The van der Waals surface area contributed by atoms with Crippen LogP contribution < -0.4 is 10.2 Å². The highest BCUT2D eigenvalue weighted by atomic mass is 16.6. The minimum atomic E-state index is -1.19. The molecule has 27 heavy (non-hydrogen) atoms. The summed E-state index contributed by atoms with van der Waals surface area (Å²) in [5.41, 5.74) is 1.30. The number of carboxylic acids is 1. The van der Waals surface area contributed by atoms with Crippen molar-refractivity contribution in [2.24, 2.45) is 0 Å². The lowest BCUT2D eigenvalue weighted by molar-refractivity contribution is -0.139. The molecule has 7 heteroatoms. The lowest BCUT2D eigenvalue weighted by Gasteiger charge is -2.24. The molecule has 1 aromatic carbocycles. The van der Waals surface area contributed by atoms with Crippen molar-refractivity contribution >= 4 is 23.7 Å². The van der Waals surface area contributed by atoms with E-state index >= 15 is 0 Å². The van der Waals surface area contributed by atoms with Gasteiger partial charge in [0, 0.05) is 18.7 Å². The van der Waals surface area contributed by atoms with Gasteiger partial charge in [-0.15, -0.1) is 0 Å². The number of aliphatic carboxylic acids is 1. The summed E-state index contributed by atoms with van der Waals surface area (Å²) in [6, 6.07) is 6.62. The van der Waals surface area contributed by atoms with Crippen LogP contribution in [0.1, 0.15) is 52.0 Å². The molecule has 1 aliphatic heterocycles. The monoisotopic (exact) mass is 376 g/mol. The molecule has 0 spiro atoms. The van der Waals surface area contributed by atoms with E-state index in [-0.39, 0.29) is 18.7 Å². The van der Waals surface area contributed by atoms with E-state index in [1.807, 2.05) is 24.3 Å². The van der Waals surface area contributed by atoms with Crippen LogP contribution in [0.3, 0.4) is 0 Å². The smallest absolute Gasteiger partial charge is 0.408 e. The Kier molecular flexibility index (Phi) is 6.82. The van der Waals surface area contributed by atoms with Crippen molar-refractivity contribution in [3.8, 4) is 0 Å². The summed E-state index contributed by atoms with van der Waals surface area (Å²) in [4.78, 5) is 37.8. The van der Waals surface area contributed by atoms with Gasteiger partial charge in [0.25, 0.3) is 0 Å². The van der Waals surface area contributed by atoms with Gasteiger partial charge in [0.2, 0.25) is 5.91 Å². The molecule has 1 unspecified atom stereocenters. The molecule has 7 nitrogen and oxygen atoms in total. The number of aryl methyl sites for hydroxylation is 1. The molecule has 1 heterocycles. The first-order chi connectivity index (χ1) is 12.7. The molecule has 1 aliphatic rings. The number of hydrogen-bond acceptors (Lipinski definition) is 4. The van der Waals surface area contributed by atoms with Gasteiger partial charge in [0.05, 0.1) is 0 Å². The Morgan fingerprint density at radius 1 is 1.22 bits per heavy atom. The third-order valence-corrected chi connectivity index (χ3v) is 4.30. The summed E-state index contributed by atoms with van der Waals surface area (Å²) in [7, 11) is 0. The fourth-order valence-electron chi connectivity index (χ4n) is 3.06. The number of carbonyl (C=O) groups is 3. The van der Waals surface area contributed by atoms with E-state index in [1.165, 1.54) is 0 Å². The fraction of sp³-hybridized carbons (Fsp3) is 0.550.